The topological polar surface area (TPSA) is 54.0 Å². The average Bonchev–Trinajstić information content (AvgIpc) is 2.60. The smallest absolute Gasteiger partial charge is 0.257 e. The molecule has 0 saturated carbocycles. The second kappa shape index (κ2) is 7.15. The van der Waals surface area contributed by atoms with Gasteiger partial charge >= 0.3 is 0 Å². The third-order valence-electron chi connectivity index (χ3n) is 3.53. The van der Waals surface area contributed by atoms with E-state index in [1.165, 1.54) is 6.20 Å². The van der Waals surface area contributed by atoms with Crippen LogP contribution in [0, 0.1) is 6.92 Å². The predicted octanol–water partition coefficient (Wildman–Crippen LogP) is 5.04. The van der Waals surface area contributed by atoms with Crippen LogP contribution < -0.4 is 10.6 Å². The summed E-state index contributed by atoms with van der Waals surface area (Å²) >= 11 is 5.97. The van der Waals surface area contributed by atoms with Gasteiger partial charge in [-0.2, -0.15) is 0 Å². The van der Waals surface area contributed by atoms with Crippen LogP contribution in [0.5, 0.6) is 0 Å². The Bertz CT molecular complexity index is 848. The van der Waals surface area contributed by atoms with Crippen molar-refractivity contribution in [2.45, 2.75) is 6.92 Å². The molecule has 1 amide bonds. The molecule has 3 aromatic rings. The van der Waals surface area contributed by atoms with E-state index in [2.05, 4.69) is 15.6 Å². The standard InChI is InChI=1S/C19H16ClN3O/c1-13-11-15(20)4-9-18(13)22-16-5-7-17(8-6-16)23-19(24)14-3-2-10-21-12-14/h2-12,22H,1H3,(H,23,24). The number of aromatic nitrogens is 1. The average molecular weight is 338 g/mol. The fourth-order valence-electron chi connectivity index (χ4n) is 2.26. The largest absolute Gasteiger partial charge is 0.355 e. The van der Waals surface area contributed by atoms with Gasteiger partial charge in [0.05, 0.1) is 5.56 Å². The number of hydrogen-bond acceptors (Lipinski definition) is 3. The Morgan fingerprint density at radius 1 is 1.04 bits per heavy atom. The molecule has 0 radical (unpaired) electrons. The number of amides is 1. The van der Waals surface area contributed by atoms with Crippen LogP contribution in [0.4, 0.5) is 17.1 Å². The number of pyridine rings is 1. The Labute approximate surface area is 145 Å². The number of benzene rings is 2. The number of aryl methyl sites for hydroxylation is 1. The first-order valence-corrected chi connectivity index (χ1v) is 7.84. The third kappa shape index (κ3) is 3.91. The van der Waals surface area contributed by atoms with Crippen LogP contribution in [-0.4, -0.2) is 10.9 Å². The van der Waals surface area contributed by atoms with Gasteiger partial charge in [-0.25, -0.2) is 0 Å². The molecule has 0 unspecified atom stereocenters. The summed E-state index contributed by atoms with van der Waals surface area (Å²) in [5.74, 6) is -0.183. The lowest BCUT2D eigenvalue weighted by atomic mass is 10.2. The fraction of sp³-hybridized carbons (Fsp3) is 0.0526. The molecule has 0 bridgehead atoms. The van der Waals surface area contributed by atoms with Crippen molar-refractivity contribution >= 4 is 34.6 Å². The number of rotatable bonds is 4. The molecule has 0 aliphatic carbocycles. The minimum atomic E-state index is -0.183. The molecule has 4 nitrogen and oxygen atoms in total. The van der Waals surface area contributed by atoms with Crippen LogP contribution in [0.3, 0.4) is 0 Å². The van der Waals surface area contributed by atoms with Crippen LogP contribution in [0.2, 0.25) is 5.02 Å². The Hall–Kier alpha value is -2.85. The van der Waals surface area contributed by atoms with E-state index in [-0.39, 0.29) is 5.91 Å². The summed E-state index contributed by atoms with van der Waals surface area (Å²) in [6.45, 7) is 2.00. The molecular weight excluding hydrogens is 322 g/mol. The number of nitrogens with one attached hydrogen (secondary N) is 2. The first kappa shape index (κ1) is 16.0. The monoisotopic (exact) mass is 337 g/mol. The highest BCUT2D eigenvalue weighted by Crippen LogP contribution is 2.24. The molecule has 2 N–H and O–H groups in total. The molecule has 0 saturated heterocycles. The van der Waals surface area contributed by atoms with Gasteiger partial charge in [0, 0.05) is 34.5 Å². The van der Waals surface area contributed by atoms with Gasteiger partial charge < -0.3 is 10.6 Å². The van der Waals surface area contributed by atoms with E-state index < -0.39 is 0 Å². The van der Waals surface area contributed by atoms with E-state index in [4.69, 9.17) is 11.6 Å². The summed E-state index contributed by atoms with van der Waals surface area (Å²) in [5, 5.41) is 6.89. The number of nitrogens with zero attached hydrogens (tertiary/aromatic N) is 1. The molecule has 0 atom stereocenters. The first-order valence-electron chi connectivity index (χ1n) is 7.46. The number of halogens is 1. The number of carbonyl (C=O) groups excluding carboxylic acids is 1. The maximum absolute atomic E-state index is 12.1. The molecule has 5 heteroatoms. The zero-order valence-corrected chi connectivity index (χ0v) is 13.8. The maximum Gasteiger partial charge on any atom is 0.257 e. The van der Waals surface area contributed by atoms with E-state index in [1.807, 2.05) is 49.4 Å². The molecule has 0 fully saturated rings. The summed E-state index contributed by atoms with van der Waals surface area (Å²) in [4.78, 5) is 16.0. The quantitative estimate of drug-likeness (QED) is 0.701. The highest BCUT2D eigenvalue weighted by atomic mass is 35.5. The van der Waals surface area contributed by atoms with Crippen molar-refractivity contribution in [1.82, 2.24) is 4.98 Å². The summed E-state index contributed by atoms with van der Waals surface area (Å²) < 4.78 is 0. The molecule has 3 rings (SSSR count). The van der Waals surface area contributed by atoms with Crippen LogP contribution in [-0.2, 0) is 0 Å². The Morgan fingerprint density at radius 3 is 2.46 bits per heavy atom. The first-order chi connectivity index (χ1) is 11.6. The van der Waals surface area contributed by atoms with Gasteiger partial charge in [-0.15, -0.1) is 0 Å². The fourth-order valence-corrected chi connectivity index (χ4v) is 2.49. The van der Waals surface area contributed by atoms with E-state index >= 15 is 0 Å². The van der Waals surface area contributed by atoms with Gasteiger partial charge in [0.1, 0.15) is 0 Å². The minimum absolute atomic E-state index is 0.183. The minimum Gasteiger partial charge on any atom is -0.355 e. The molecule has 1 aromatic heterocycles. The number of carbonyl (C=O) groups is 1. The summed E-state index contributed by atoms with van der Waals surface area (Å²) in [7, 11) is 0. The highest BCUT2D eigenvalue weighted by molar-refractivity contribution is 6.30. The van der Waals surface area contributed by atoms with Crippen molar-refractivity contribution < 1.29 is 4.79 Å². The zero-order chi connectivity index (χ0) is 16.9. The van der Waals surface area contributed by atoms with Crippen LogP contribution in [0.15, 0.2) is 67.0 Å². The van der Waals surface area contributed by atoms with Gasteiger partial charge in [0.25, 0.3) is 5.91 Å². The lowest BCUT2D eigenvalue weighted by Gasteiger charge is -2.11. The van der Waals surface area contributed by atoms with Crippen molar-refractivity contribution in [3.8, 4) is 0 Å². The molecular formula is C19H16ClN3O. The molecule has 24 heavy (non-hydrogen) atoms. The highest BCUT2D eigenvalue weighted by Gasteiger charge is 2.06. The second-order valence-corrected chi connectivity index (χ2v) is 5.79. The van der Waals surface area contributed by atoms with Gasteiger partial charge in [-0.05, 0) is 67.1 Å². The normalized spacial score (nSPS) is 10.2. The van der Waals surface area contributed by atoms with Crippen molar-refractivity contribution in [2.24, 2.45) is 0 Å². The van der Waals surface area contributed by atoms with Crippen LogP contribution in [0.1, 0.15) is 15.9 Å². The van der Waals surface area contributed by atoms with E-state index in [9.17, 15) is 4.79 Å². The molecule has 120 valence electrons. The zero-order valence-electron chi connectivity index (χ0n) is 13.1. The third-order valence-corrected chi connectivity index (χ3v) is 3.77. The molecule has 0 aliphatic heterocycles. The van der Waals surface area contributed by atoms with E-state index in [1.54, 1.807) is 18.3 Å². The van der Waals surface area contributed by atoms with Gasteiger partial charge in [0.2, 0.25) is 0 Å². The summed E-state index contributed by atoms with van der Waals surface area (Å²) in [5.41, 5.74) is 4.24. The van der Waals surface area contributed by atoms with Crippen molar-refractivity contribution in [3.63, 3.8) is 0 Å². The van der Waals surface area contributed by atoms with Gasteiger partial charge in [-0.3, -0.25) is 9.78 Å². The van der Waals surface area contributed by atoms with Crippen molar-refractivity contribution in [1.29, 1.82) is 0 Å². The van der Waals surface area contributed by atoms with Gasteiger partial charge in [-0.1, -0.05) is 11.6 Å². The Morgan fingerprint density at radius 2 is 1.79 bits per heavy atom. The summed E-state index contributed by atoms with van der Waals surface area (Å²) in [6.07, 6.45) is 3.17. The second-order valence-electron chi connectivity index (χ2n) is 5.36. The van der Waals surface area contributed by atoms with Crippen LogP contribution in [0.25, 0.3) is 0 Å². The van der Waals surface area contributed by atoms with Crippen molar-refractivity contribution in [2.75, 3.05) is 10.6 Å². The van der Waals surface area contributed by atoms with E-state index in [0.29, 0.717) is 10.6 Å². The maximum atomic E-state index is 12.1. The van der Waals surface area contributed by atoms with Crippen LogP contribution >= 0.6 is 11.6 Å². The molecule has 0 aliphatic rings. The number of hydrogen-bond donors (Lipinski definition) is 2. The Kier molecular flexibility index (Phi) is 4.77. The summed E-state index contributed by atoms with van der Waals surface area (Å²) in [6, 6.07) is 16.7. The SMILES string of the molecule is Cc1cc(Cl)ccc1Nc1ccc(NC(=O)c2cccnc2)cc1. The molecule has 2 aromatic carbocycles. The molecule has 0 spiro atoms. The lowest BCUT2D eigenvalue weighted by molar-refractivity contribution is 0.102. The lowest BCUT2D eigenvalue weighted by Crippen LogP contribution is -2.11. The van der Waals surface area contributed by atoms with Gasteiger partial charge in [0.15, 0.2) is 0 Å². The number of anilines is 3. The predicted molar refractivity (Wildman–Crippen MR) is 98.1 cm³/mol. The van der Waals surface area contributed by atoms with E-state index in [0.717, 1.165) is 22.6 Å². The van der Waals surface area contributed by atoms with Crippen molar-refractivity contribution in [3.05, 3.63) is 83.1 Å². The Balaban J connectivity index is 1.68. The molecule has 1 heterocycles.